The monoisotopic (exact) mass is 740 g/mol. The highest BCUT2D eigenvalue weighted by atomic mass is 28.3. The Hall–Kier alpha value is -5.82. The van der Waals surface area contributed by atoms with Gasteiger partial charge in [0.05, 0.1) is 12.8 Å². The van der Waals surface area contributed by atoms with Crippen molar-refractivity contribution >= 4 is 36.7 Å². The number of oxazole rings is 2. The second-order valence-electron chi connectivity index (χ2n) is 16.3. The number of aromatic nitrogens is 3. The number of H-pyrrole nitrogens is 1. The number of fused-ring (bicyclic) bond motifs is 7. The summed E-state index contributed by atoms with van der Waals surface area (Å²) >= 11 is 0. The molecule has 6 aromatic rings. The molecular formula is C41H40N6O6Si. The van der Waals surface area contributed by atoms with E-state index in [4.69, 9.17) is 28.3 Å². The van der Waals surface area contributed by atoms with Crippen LogP contribution in [0.15, 0.2) is 75.8 Å². The number of aromatic amines is 1. The number of para-hydroxylation sites is 1. The Balaban J connectivity index is 1.21. The molecule has 10 rings (SSSR count). The fraction of sp³-hybridized carbons (Fsp3) is 0.317. The summed E-state index contributed by atoms with van der Waals surface area (Å²) in [6.07, 6.45) is 2.63. The van der Waals surface area contributed by atoms with Gasteiger partial charge in [0.25, 0.3) is 0 Å². The molecule has 3 aromatic carbocycles. The van der Waals surface area contributed by atoms with Gasteiger partial charge in [-0.3, -0.25) is 4.79 Å². The van der Waals surface area contributed by atoms with E-state index in [0.717, 1.165) is 56.0 Å². The van der Waals surface area contributed by atoms with Crippen molar-refractivity contribution in [1.82, 2.24) is 25.6 Å². The lowest BCUT2D eigenvalue weighted by atomic mass is 9.72. The minimum atomic E-state index is -1.44. The number of hydrogen-bond donors (Lipinski definition) is 4. The zero-order chi connectivity index (χ0) is 37.1. The number of amides is 2. The van der Waals surface area contributed by atoms with Crippen molar-refractivity contribution in [3.05, 3.63) is 95.3 Å². The highest BCUT2D eigenvalue weighted by Gasteiger charge is 2.61. The standard InChI is InChI=1S/C41H40N6O6Si/c1-20(2)32-38-46-34-35(53-38)41-25-10-6-9-23(22-8-7-11-27-31(22)24(18-42-27)30-19-43-37(34)51-30)33(25)47-39(41)52-29-13-12-21(16-26(29)41)17-28(36(48)45-32)44-40(49)50-14-15-54(3,4)5/h6-13,16,18-20,28,32,39,42,47H,14-15,17H2,1-5H3,(H,44,49)(H,45,48)/t28-,32-,39-,41-/m0/s1. The topological polar surface area (TPSA) is 157 Å². The maximum Gasteiger partial charge on any atom is 0.407 e. The van der Waals surface area contributed by atoms with Gasteiger partial charge in [0.15, 0.2) is 23.4 Å². The van der Waals surface area contributed by atoms with E-state index in [2.05, 4.69) is 77.0 Å². The van der Waals surface area contributed by atoms with Gasteiger partial charge in [-0.25, -0.2) is 14.8 Å². The summed E-state index contributed by atoms with van der Waals surface area (Å²) in [5, 5.41) is 10.8. The minimum absolute atomic E-state index is 0.146. The van der Waals surface area contributed by atoms with Crippen LogP contribution in [0.4, 0.5) is 10.5 Å². The van der Waals surface area contributed by atoms with E-state index in [0.29, 0.717) is 35.5 Å². The number of carbonyl (C=O) groups excluding carboxylic acids is 2. The molecule has 4 aliphatic rings. The Morgan fingerprint density at radius 3 is 2.70 bits per heavy atom. The summed E-state index contributed by atoms with van der Waals surface area (Å²) in [6, 6.07) is 17.7. The molecule has 54 heavy (non-hydrogen) atoms. The van der Waals surface area contributed by atoms with Gasteiger partial charge in [0.2, 0.25) is 17.7 Å². The maximum atomic E-state index is 14.2. The molecule has 4 atom stereocenters. The molecule has 0 saturated carbocycles. The first-order valence-corrected chi connectivity index (χ1v) is 22.2. The fourth-order valence-corrected chi connectivity index (χ4v) is 9.21. The Kier molecular flexibility index (Phi) is 7.04. The van der Waals surface area contributed by atoms with Crippen LogP contribution in [0.2, 0.25) is 25.7 Å². The largest absolute Gasteiger partial charge is 0.469 e. The molecule has 3 aromatic heterocycles. The number of anilines is 1. The van der Waals surface area contributed by atoms with E-state index in [9.17, 15) is 9.59 Å². The molecule has 0 fully saturated rings. The van der Waals surface area contributed by atoms with E-state index in [1.165, 1.54) is 0 Å². The Morgan fingerprint density at radius 2 is 1.87 bits per heavy atom. The summed E-state index contributed by atoms with van der Waals surface area (Å²) in [5.74, 6) is 1.82. The number of ether oxygens (including phenoxy) is 2. The van der Waals surface area contributed by atoms with Crippen LogP contribution in [0.5, 0.6) is 5.75 Å². The Bertz CT molecular complexity index is 2530. The molecule has 4 aliphatic heterocycles. The quantitative estimate of drug-likeness (QED) is 0.130. The van der Waals surface area contributed by atoms with Crippen molar-refractivity contribution in [2.24, 2.45) is 5.92 Å². The molecule has 274 valence electrons. The van der Waals surface area contributed by atoms with Gasteiger partial charge in [-0.2, -0.15) is 0 Å². The lowest BCUT2D eigenvalue weighted by Crippen LogP contribution is -2.50. The van der Waals surface area contributed by atoms with Crippen molar-refractivity contribution in [3.63, 3.8) is 0 Å². The van der Waals surface area contributed by atoms with E-state index in [-0.39, 0.29) is 24.1 Å². The van der Waals surface area contributed by atoms with Gasteiger partial charge in [-0.05, 0) is 35.2 Å². The number of nitrogens with zero attached hydrogens (tertiary/aromatic N) is 2. The summed E-state index contributed by atoms with van der Waals surface area (Å²) in [7, 11) is -1.44. The molecule has 2 amide bonds. The fourth-order valence-electron chi connectivity index (χ4n) is 8.49. The van der Waals surface area contributed by atoms with Gasteiger partial charge in [-0.1, -0.05) is 76.0 Å². The predicted molar refractivity (Wildman–Crippen MR) is 205 cm³/mol. The lowest BCUT2D eigenvalue weighted by molar-refractivity contribution is -0.124. The second-order valence-corrected chi connectivity index (χ2v) is 21.9. The SMILES string of the molecule is CC(C)[C@@H]1NC(=O)[C@@H](NC(=O)OCC[Si](C)(C)C)Cc2ccc3c(c2)[C@]24c5cccc(c5N[C@H]2O3)-c2cccc3[nH]cc(c23)-c2cnc(o2)-c2nc1oc24. The normalized spacial score (nSPS) is 21.7. The first-order chi connectivity index (χ1) is 26.0. The summed E-state index contributed by atoms with van der Waals surface area (Å²) in [6.45, 7) is 10.9. The molecular weight excluding hydrogens is 701 g/mol. The zero-order valence-electron chi connectivity index (χ0n) is 30.6. The van der Waals surface area contributed by atoms with Crippen LogP contribution < -0.4 is 20.7 Å². The third kappa shape index (κ3) is 4.80. The van der Waals surface area contributed by atoms with Crippen molar-refractivity contribution in [2.75, 3.05) is 11.9 Å². The summed E-state index contributed by atoms with van der Waals surface area (Å²) < 4.78 is 26.1. The highest BCUT2D eigenvalue weighted by molar-refractivity contribution is 6.76. The Labute approximate surface area is 312 Å². The molecule has 4 N–H and O–H groups in total. The highest BCUT2D eigenvalue weighted by Crippen LogP contribution is 2.61. The van der Waals surface area contributed by atoms with Gasteiger partial charge in [0.1, 0.15) is 23.2 Å². The van der Waals surface area contributed by atoms with E-state index >= 15 is 0 Å². The number of alkyl carbamates (subject to hydrolysis) is 1. The Morgan fingerprint density at radius 1 is 1.04 bits per heavy atom. The lowest BCUT2D eigenvalue weighted by Gasteiger charge is -2.28. The molecule has 1 spiro atoms. The van der Waals surface area contributed by atoms with Crippen LogP contribution in [0.1, 0.15) is 48.2 Å². The molecule has 10 bridgehead atoms. The van der Waals surface area contributed by atoms with Gasteiger partial charge in [-0.15, -0.1) is 0 Å². The number of nitrogens with one attached hydrogen (secondary N) is 4. The number of rotatable bonds is 5. The average molecular weight is 741 g/mol. The van der Waals surface area contributed by atoms with E-state index < -0.39 is 37.9 Å². The van der Waals surface area contributed by atoms with Crippen LogP contribution in [-0.2, 0) is 21.4 Å². The molecule has 0 unspecified atom stereocenters. The third-order valence-corrected chi connectivity index (χ3v) is 12.9. The first kappa shape index (κ1) is 32.8. The maximum absolute atomic E-state index is 14.2. The predicted octanol–water partition coefficient (Wildman–Crippen LogP) is 7.74. The molecule has 0 saturated heterocycles. The van der Waals surface area contributed by atoms with Crippen LogP contribution in [0.3, 0.4) is 0 Å². The summed E-state index contributed by atoms with van der Waals surface area (Å²) in [4.78, 5) is 40.8. The van der Waals surface area contributed by atoms with Crippen LogP contribution in [0, 0.1) is 5.92 Å². The molecule has 0 radical (unpaired) electrons. The van der Waals surface area contributed by atoms with Crippen molar-refractivity contribution in [2.45, 2.75) is 69.7 Å². The van der Waals surface area contributed by atoms with E-state index in [1.807, 2.05) is 38.2 Å². The molecule has 7 heterocycles. The smallest absolute Gasteiger partial charge is 0.407 e. The average Bonchev–Trinajstić information content (AvgIpc) is 3.95. The van der Waals surface area contributed by atoms with Crippen molar-refractivity contribution < 1.29 is 27.9 Å². The molecule has 12 nitrogen and oxygen atoms in total. The number of carbonyl (C=O) groups is 2. The zero-order valence-corrected chi connectivity index (χ0v) is 31.6. The van der Waals surface area contributed by atoms with E-state index in [1.54, 1.807) is 6.20 Å². The summed E-state index contributed by atoms with van der Waals surface area (Å²) in [5.41, 5.74) is 6.80. The van der Waals surface area contributed by atoms with Crippen molar-refractivity contribution in [3.8, 4) is 39.8 Å². The molecule has 13 heteroatoms. The molecule has 0 aliphatic carbocycles. The number of hydrogen-bond acceptors (Lipinski definition) is 9. The number of benzene rings is 3. The van der Waals surface area contributed by atoms with Crippen LogP contribution in [0.25, 0.3) is 44.9 Å². The van der Waals surface area contributed by atoms with Crippen LogP contribution in [-0.4, -0.2) is 53.9 Å². The second kappa shape index (κ2) is 11.6. The van der Waals surface area contributed by atoms with Crippen LogP contribution >= 0.6 is 0 Å². The first-order valence-electron chi connectivity index (χ1n) is 18.5. The van der Waals surface area contributed by atoms with Gasteiger partial charge < -0.3 is 39.2 Å². The van der Waals surface area contributed by atoms with Gasteiger partial charge in [0, 0.05) is 59.5 Å². The van der Waals surface area contributed by atoms with Crippen molar-refractivity contribution in [1.29, 1.82) is 0 Å². The van der Waals surface area contributed by atoms with Gasteiger partial charge >= 0.3 is 6.09 Å². The third-order valence-electron chi connectivity index (χ3n) is 11.2. The minimum Gasteiger partial charge on any atom is -0.469 e.